The third-order valence-corrected chi connectivity index (χ3v) is 4.50. The number of halogens is 2. The van der Waals surface area contributed by atoms with Crippen LogP contribution in [0.2, 0.25) is 5.02 Å². The number of hydrogen-bond donors (Lipinski definition) is 5. The molecule has 0 spiro atoms. The van der Waals surface area contributed by atoms with E-state index < -0.39 is 11.9 Å². The van der Waals surface area contributed by atoms with Gasteiger partial charge in [0.1, 0.15) is 18.0 Å². The highest BCUT2D eigenvalue weighted by Gasteiger charge is 2.32. The monoisotopic (exact) mass is 377 g/mol. The summed E-state index contributed by atoms with van der Waals surface area (Å²) < 4.78 is 13.2. The van der Waals surface area contributed by atoms with Gasteiger partial charge in [-0.2, -0.15) is 5.53 Å². The van der Waals surface area contributed by atoms with Crippen LogP contribution in [0, 0.1) is 5.82 Å². The van der Waals surface area contributed by atoms with E-state index in [2.05, 4.69) is 33.9 Å². The second kappa shape index (κ2) is 8.46. The predicted octanol–water partition coefficient (Wildman–Crippen LogP) is 2.08. The number of hydrazine groups is 2. The van der Waals surface area contributed by atoms with Gasteiger partial charge in [-0.25, -0.2) is 15.2 Å². The Balaban J connectivity index is 1.57. The Bertz CT molecular complexity index is 771. The lowest BCUT2D eigenvalue weighted by molar-refractivity contribution is -0.123. The fourth-order valence-corrected chi connectivity index (χ4v) is 2.87. The van der Waals surface area contributed by atoms with Crippen LogP contribution in [0.3, 0.4) is 0 Å². The van der Waals surface area contributed by atoms with E-state index in [0.29, 0.717) is 0 Å². The summed E-state index contributed by atoms with van der Waals surface area (Å²) in [7, 11) is 0. The molecule has 0 aliphatic carbocycles. The molecule has 0 bridgehead atoms. The summed E-state index contributed by atoms with van der Waals surface area (Å²) in [6.07, 6.45) is 0.642. The van der Waals surface area contributed by atoms with Gasteiger partial charge in [0.05, 0.1) is 5.02 Å². The van der Waals surface area contributed by atoms with E-state index in [0.717, 1.165) is 17.7 Å². The van der Waals surface area contributed by atoms with Crippen molar-refractivity contribution >= 4 is 23.2 Å². The molecule has 1 amide bonds. The van der Waals surface area contributed by atoms with E-state index in [9.17, 15) is 9.18 Å². The summed E-state index contributed by atoms with van der Waals surface area (Å²) >= 11 is 5.76. The molecule has 8 heteroatoms. The molecule has 0 radical (unpaired) electrons. The fourth-order valence-electron chi connectivity index (χ4n) is 2.67. The van der Waals surface area contributed by atoms with Crippen molar-refractivity contribution in [3.63, 3.8) is 0 Å². The normalized spacial score (nSPS) is 19.3. The molecule has 1 heterocycles. The van der Waals surface area contributed by atoms with E-state index >= 15 is 0 Å². The van der Waals surface area contributed by atoms with Crippen LogP contribution in [0.15, 0.2) is 42.5 Å². The van der Waals surface area contributed by atoms with Crippen LogP contribution >= 0.6 is 11.6 Å². The van der Waals surface area contributed by atoms with Crippen LogP contribution in [0.25, 0.3) is 0 Å². The topological polar surface area (TPSA) is 77.2 Å². The molecule has 2 aromatic rings. The van der Waals surface area contributed by atoms with Crippen LogP contribution in [-0.2, 0) is 17.8 Å². The second-order valence-electron chi connectivity index (χ2n) is 6.03. The van der Waals surface area contributed by atoms with Crippen molar-refractivity contribution in [1.82, 2.24) is 21.7 Å². The first-order chi connectivity index (χ1) is 12.6. The first-order valence-corrected chi connectivity index (χ1v) is 8.78. The molecule has 1 fully saturated rings. The minimum atomic E-state index is -0.531. The summed E-state index contributed by atoms with van der Waals surface area (Å²) in [5.41, 5.74) is 11.5. The lowest BCUT2D eigenvalue weighted by Crippen LogP contribution is -2.50. The largest absolute Gasteiger partial charge is 0.367 e. The Morgan fingerprint density at radius 2 is 1.88 bits per heavy atom. The molecule has 0 aromatic heterocycles. The Morgan fingerprint density at radius 1 is 1.15 bits per heavy atom. The van der Waals surface area contributed by atoms with Gasteiger partial charge >= 0.3 is 0 Å². The maximum atomic E-state index is 13.2. The number of benzene rings is 2. The summed E-state index contributed by atoms with van der Waals surface area (Å²) in [6.45, 7) is 2.36. The first-order valence-electron chi connectivity index (χ1n) is 8.40. The van der Waals surface area contributed by atoms with Gasteiger partial charge in [-0.3, -0.25) is 4.79 Å². The van der Waals surface area contributed by atoms with Crippen molar-refractivity contribution in [2.24, 2.45) is 0 Å². The summed E-state index contributed by atoms with van der Waals surface area (Å²) in [4.78, 5) is 12.5. The maximum absolute atomic E-state index is 13.2. The highest BCUT2D eigenvalue weighted by Crippen LogP contribution is 2.16. The summed E-state index contributed by atoms with van der Waals surface area (Å²) in [6, 6.07) is 11.9. The summed E-state index contributed by atoms with van der Waals surface area (Å²) in [5.74, 6) is -0.684. The van der Waals surface area contributed by atoms with Crippen molar-refractivity contribution < 1.29 is 9.18 Å². The standard InChI is InChI=1S/C18H21ClFN5O/c1-2-11-3-6-13(7-4-11)22-17-16(23-25-24-17)18(26)21-10-12-5-8-15(20)14(19)9-12/h3-9,16-17,22-25H,2,10H2,1H3,(H,21,26). The third kappa shape index (κ3) is 4.50. The van der Waals surface area contributed by atoms with E-state index in [1.54, 1.807) is 6.07 Å². The van der Waals surface area contributed by atoms with E-state index in [1.807, 2.05) is 24.3 Å². The molecular weight excluding hydrogens is 357 g/mol. The molecule has 1 aliphatic heterocycles. The summed E-state index contributed by atoms with van der Waals surface area (Å²) in [5, 5.41) is 6.13. The van der Waals surface area contributed by atoms with Crippen molar-refractivity contribution in [1.29, 1.82) is 0 Å². The fraction of sp³-hybridized carbons (Fsp3) is 0.278. The van der Waals surface area contributed by atoms with Gasteiger partial charge in [-0.1, -0.05) is 36.7 Å². The Labute approximate surface area is 156 Å². The minimum absolute atomic E-state index is 0.0362. The molecule has 1 aliphatic rings. The molecular formula is C18H21ClFN5O. The zero-order valence-electron chi connectivity index (χ0n) is 14.3. The zero-order valence-corrected chi connectivity index (χ0v) is 15.0. The van der Waals surface area contributed by atoms with Crippen LogP contribution in [0.1, 0.15) is 18.1 Å². The first kappa shape index (κ1) is 18.6. The van der Waals surface area contributed by atoms with Gasteiger partial charge in [-0.05, 0) is 41.8 Å². The lowest BCUT2D eigenvalue weighted by atomic mass is 10.1. The van der Waals surface area contributed by atoms with E-state index in [-0.39, 0.29) is 23.6 Å². The molecule has 3 rings (SSSR count). The molecule has 2 atom stereocenters. The van der Waals surface area contributed by atoms with Crippen LogP contribution in [0.4, 0.5) is 10.1 Å². The van der Waals surface area contributed by atoms with Crippen molar-refractivity contribution in [2.45, 2.75) is 32.1 Å². The number of amides is 1. The Kier molecular flexibility index (Phi) is 6.05. The molecule has 6 nitrogen and oxygen atoms in total. The van der Waals surface area contributed by atoms with E-state index in [1.165, 1.54) is 17.7 Å². The molecule has 26 heavy (non-hydrogen) atoms. The van der Waals surface area contributed by atoms with Crippen molar-refractivity contribution in [3.05, 3.63) is 64.4 Å². The van der Waals surface area contributed by atoms with Gasteiger partial charge in [0.25, 0.3) is 0 Å². The van der Waals surface area contributed by atoms with Crippen LogP contribution < -0.4 is 27.0 Å². The molecule has 1 saturated heterocycles. The number of carbonyl (C=O) groups is 1. The Hall–Kier alpha value is -2.19. The average molecular weight is 378 g/mol. The third-order valence-electron chi connectivity index (χ3n) is 4.21. The SMILES string of the molecule is CCc1ccc(NC2NNNC2C(=O)NCc2ccc(F)c(Cl)c2)cc1. The van der Waals surface area contributed by atoms with Gasteiger partial charge in [0, 0.05) is 12.2 Å². The van der Waals surface area contributed by atoms with Crippen molar-refractivity contribution in [2.75, 3.05) is 5.32 Å². The smallest absolute Gasteiger partial charge is 0.242 e. The van der Waals surface area contributed by atoms with Crippen LogP contribution in [-0.4, -0.2) is 18.1 Å². The molecule has 5 N–H and O–H groups in total. The second-order valence-corrected chi connectivity index (χ2v) is 6.44. The minimum Gasteiger partial charge on any atom is -0.367 e. The quantitative estimate of drug-likeness (QED) is 0.533. The number of carbonyl (C=O) groups excluding carboxylic acids is 1. The number of nitrogens with one attached hydrogen (secondary N) is 5. The number of rotatable bonds is 6. The predicted molar refractivity (Wildman–Crippen MR) is 99.7 cm³/mol. The van der Waals surface area contributed by atoms with Crippen molar-refractivity contribution in [3.8, 4) is 0 Å². The molecule has 2 aromatic carbocycles. The number of aryl methyl sites for hydroxylation is 1. The molecule has 138 valence electrons. The highest BCUT2D eigenvalue weighted by molar-refractivity contribution is 6.30. The van der Waals surface area contributed by atoms with Gasteiger partial charge in [0.2, 0.25) is 5.91 Å². The van der Waals surface area contributed by atoms with Gasteiger partial charge in [0.15, 0.2) is 0 Å². The molecule has 2 unspecified atom stereocenters. The number of hydrogen-bond acceptors (Lipinski definition) is 5. The highest BCUT2D eigenvalue weighted by atomic mass is 35.5. The lowest BCUT2D eigenvalue weighted by Gasteiger charge is -2.20. The maximum Gasteiger partial charge on any atom is 0.242 e. The molecule has 0 saturated carbocycles. The average Bonchev–Trinajstić information content (AvgIpc) is 3.11. The van der Waals surface area contributed by atoms with Crippen LogP contribution in [0.5, 0.6) is 0 Å². The van der Waals surface area contributed by atoms with E-state index in [4.69, 9.17) is 11.6 Å². The zero-order chi connectivity index (χ0) is 18.5. The number of anilines is 1. The van der Waals surface area contributed by atoms with Gasteiger partial charge in [-0.15, -0.1) is 0 Å². The van der Waals surface area contributed by atoms with Gasteiger partial charge < -0.3 is 10.6 Å². The Morgan fingerprint density at radius 3 is 2.58 bits per heavy atom.